The molecule has 1 aromatic carbocycles. The molecule has 2 heterocycles. The van der Waals surface area contributed by atoms with Crippen LogP contribution >= 0.6 is 23.4 Å². The van der Waals surface area contributed by atoms with Crippen LogP contribution in [0.4, 0.5) is 10.1 Å². The SMILES string of the molecule is O=C(N=C1S[C@@H]2CS(=O)(=O)C[C@H]2N1c1ccc(Cl)c(F)c1)C1CC1. The average Bonchev–Trinajstić information content (AvgIpc) is 3.23. The number of halogens is 2. The third kappa shape index (κ3) is 2.95. The minimum atomic E-state index is -3.14. The van der Waals surface area contributed by atoms with E-state index >= 15 is 0 Å². The van der Waals surface area contributed by atoms with E-state index in [0.29, 0.717) is 10.9 Å². The number of anilines is 1. The fraction of sp³-hybridized carbons (Fsp3) is 0.467. The van der Waals surface area contributed by atoms with Crippen LogP contribution in [0.3, 0.4) is 0 Å². The van der Waals surface area contributed by atoms with Crippen molar-refractivity contribution < 1.29 is 17.6 Å². The standard InChI is InChI=1S/C15H14ClFN2O3S2/c16-10-4-3-9(5-11(10)17)19-12-6-24(21,22)7-13(12)23-15(19)18-14(20)8-1-2-8/h3-5,8,12-13H,1-2,6-7H2/t12-,13-/m1/s1. The molecule has 1 aliphatic carbocycles. The lowest BCUT2D eigenvalue weighted by atomic mass is 10.2. The Morgan fingerprint density at radius 3 is 2.75 bits per heavy atom. The molecule has 128 valence electrons. The van der Waals surface area contributed by atoms with E-state index in [1.165, 1.54) is 23.9 Å². The highest BCUT2D eigenvalue weighted by Gasteiger charge is 2.49. The molecule has 2 aliphatic heterocycles. The van der Waals surface area contributed by atoms with Crippen LogP contribution in [0, 0.1) is 11.7 Å². The lowest BCUT2D eigenvalue weighted by molar-refractivity contribution is -0.118. The molecule has 3 aliphatic rings. The van der Waals surface area contributed by atoms with E-state index in [-0.39, 0.29) is 39.6 Å². The maximum absolute atomic E-state index is 13.9. The van der Waals surface area contributed by atoms with Gasteiger partial charge in [0.1, 0.15) is 5.82 Å². The summed E-state index contributed by atoms with van der Waals surface area (Å²) in [5.74, 6) is -0.765. The van der Waals surface area contributed by atoms with Gasteiger partial charge in [0.15, 0.2) is 15.0 Å². The van der Waals surface area contributed by atoms with Crippen LogP contribution in [0.25, 0.3) is 0 Å². The van der Waals surface area contributed by atoms with E-state index in [9.17, 15) is 17.6 Å². The zero-order valence-electron chi connectivity index (χ0n) is 12.5. The normalized spacial score (nSPS) is 29.9. The zero-order chi connectivity index (χ0) is 17.1. The molecule has 0 N–H and O–H groups in total. The van der Waals surface area contributed by atoms with E-state index in [2.05, 4.69) is 4.99 Å². The number of fused-ring (bicyclic) bond motifs is 1. The molecule has 0 spiro atoms. The molecule has 9 heteroatoms. The van der Waals surface area contributed by atoms with Crippen LogP contribution in [0.1, 0.15) is 12.8 Å². The van der Waals surface area contributed by atoms with Crippen LogP contribution in [0.5, 0.6) is 0 Å². The number of benzene rings is 1. The summed E-state index contributed by atoms with van der Waals surface area (Å²) in [6, 6.07) is 3.96. The third-order valence-electron chi connectivity index (χ3n) is 4.38. The van der Waals surface area contributed by atoms with Gasteiger partial charge < -0.3 is 4.90 Å². The minimum Gasteiger partial charge on any atom is -0.315 e. The first-order valence-electron chi connectivity index (χ1n) is 7.58. The molecule has 1 amide bonds. The molecule has 5 nitrogen and oxygen atoms in total. The summed E-state index contributed by atoms with van der Waals surface area (Å²) < 4.78 is 37.8. The second-order valence-electron chi connectivity index (χ2n) is 6.28. The van der Waals surface area contributed by atoms with Crippen molar-refractivity contribution in [2.24, 2.45) is 10.9 Å². The second kappa shape index (κ2) is 5.71. The van der Waals surface area contributed by atoms with Crippen LogP contribution in [0.2, 0.25) is 5.02 Å². The largest absolute Gasteiger partial charge is 0.315 e. The summed E-state index contributed by atoms with van der Waals surface area (Å²) in [4.78, 5) is 17.9. The van der Waals surface area contributed by atoms with Gasteiger partial charge in [0.2, 0.25) is 0 Å². The van der Waals surface area contributed by atoms with Gasteiger partial charge in [-0.3, -0.25) is 4.79 Å². The number of thioether (sulfide) groups is 1. The van der Waals surface area contributed by atoms with Crippen LogP contribution in [-0.4, -0.2) is 42.3 Å². The summed E-state index contributed by atoms with van der Waals surface area (Å²) in [7, 11) is -3.14. The molecular weight excluding hydrogens is 375 g/mol. The number of carbonyl (C=O) groups excluding carboxylic acids is 1. The summed E-state index contributed by atoms with van der Waals surface area (Å²) >= 11 is 7.03. The summed E-state index contributed by atoms with van der Waals surface area (Å²) in [6.07, 6.45) is 1.69. The van der Waals surface area contributed by atoms with Gasteiger partial charge in [-0.1, -0.05) is 23.4 Å². The predicted molar refractivity (Wildman–Crippen MR) is 92.9 cm³/mol. The van der Waals surface area contributed by atoms with Crippen LogP contribution in [-0.2, 0) is 14.6 Å². The van der Waals surface area contributed by atoms with E-state index < -0.39 is 15.7 Å². The number of nitrogens with zero attached hydrogens (tertiary/aromatic N) is 2. The fourth-order valence-corrected chi connectivity index (χ4v) is 7.05. The minimum absolute atomic E-state index is 0.00580. The first kappa shape index (κ1) is 16.4. The fourth-order valence-electron chi connectivity index (χ4n) is 3.02. The van der Waals surface area contributed by atoms with Crippen molar-refractivity contribution in [1.29, 1.82) is 0 Å². The first-order valence-corrected chi connectivity index (χ1v) is 10.7. The second-order valence-corrected chi connectivity index (χ2v) is 10.0. The van der Waals surface area contributed by atoms with E-state index in [4.69, 9.17) is 11.6 Å². The monoisotopic (exact) mass is 388 g/mol. The highest BCUT2D eigenvalue weighted by Crippen LogP contribution is 2.42. The number of aliphatic imine (C=N–C) groups is 1. The third-order valence-corrected chi connectivity index (χ3v) is 7.90. The van der Waals surface area contributed by atoms with Gasteiger partial charge in [-0.25, -0.2) is 12.8 Å². The molecule has 0 unspecified atom stereocenters. The molecule has 1 saturated carbocycles. The Hall–Kier alpha value is -1.12. The molecule has 24 heavy (non-hydrogen) atoms. The van der Waals surface area contributed by atoms with Gasteiger partial charge in [0, 0.05) is 16.9 Å². The maximum Gasteiger partial charge on any atom is 0.251 e. The molecule has 3 fully saturated rings. The highest BCUT2D eigenvalue weighted by molar-refractivity contribution is 8.16. The Labute approximate surface area is 148 Å². The predicted octanol–water partition coefficient (Wildman–Crippen LogP) is 2.49. The van der Waals surface area contributed by atoms with Gasteiger partial charge >= 0.3 is 0 Å². The Morgan fingerprint density at radius 2 is 2.08 bits per heavy atom. The van der Waals surface area contributed by atoms with Gasteiger partial charge in [-0.2, -0.15) is 4.99 Å². The first-order chi connectivity index (χ1) is 11.3. The number of sulfone groups is 1. The van der Waals surface area contributed by atoms with Gasteiger partial charge in [0.05, 0.1) is 22.6 Å². The molecule has 4 rings (SSSR count). The van der Waals surface area contributed by atoms with E-state index in [0.717, 1.165) is 12.8 Å². The van der Waals surface area contributed by atoms with Crippen LogP contribution < -0.4 is 4.90 Å². The Bertz CT molecular complexity index is 854. The summed E-state index contributed by atoms with van der Waals surface area (Å²) in [5, 5.41) is 0.256. The van der Waals surface area contributed by atoms with Crippen molar-refractivity contribution in [3.8, 4) is 0 Å². The lowest BCUT2D eigenvalue weighted by Gasteiger charge is -2.24. The van der Waals surface area contributed by atoms with Crippen molar-refractivity contribution in [3.05, 3.63) is 29.0 Å². The molecule has 0 radical (unpaired) electrons. The molecule has 0 aromatic heterocycles. The van der Waals surface area contributed by atoms with Crippen molar-refractivity contribution in [2.75, 3.05) is 16.4 Å². The summed E-state index contributed by atoms with van der Waals surface area (Å²) in [5.41, 5.74) is 0.469. The van der Waals surface area contributed by atoms with Gasteiger partial charge in [-0.15, -0.1) is 0 Å². The molecule has 2 atom stereocenters. The van der Waals surface area contributed by atoms with Crippen LogP contribution in [0.15, 0.2) is 23.2 Å². The Morgan fingerprint density at radius 1 is 1.33 bits per heavy atom. The summed E-state index contributed by atoms with van der Waals surface area (Å²) in [6.45, 7) is 0. The van der Waals surface area contributed by atoms with E-state index in [1.807, 2.05) is 0 Å². The molecular formula is C15H14ClFN2O3S2. The smallest absolute Gasteiger partial charge is 0.251 e. The number of carbonyl (C=O) groups is 1. The Balaban J connectivity index is 1.74. The average molecular weight is 389 g/mol. The molecule has 2 saturated heterocycles. The number of hydrogen-bond donors (Lipinski definition) is 0. The Kier molecular flexibility index (Phi) is 3.89. The van der Waals surface area contributed by atoms with Crippen molar-refractivity contribution in [2.45, 2.75) is 24.1 Å². The van der Waals surface area contributed by atoms with Crippen molar-refractivity contribution in [1.82, 2.24) is 0 Å². The van der Waals surface area contributed by atoms with Crippen molar-refractivity contribution in [3.63, 3.8) is 0 Å². The quantitative estimate of drug-likeness (QED) is 0.778. The number of hydrogen-bond acceptors (Lipinski definition) is 4. The van der Waals surface area contributed by atoms with Crippen molar-refractivity contribution >= 4 is 50.0 Å². The number of amides is 1. The topological polar surface area (TPSA) is 66.8 Å². The van der Waals surface area contributed by atoms with Gasteiger partial charge in [0.25, 0.3) is 5.91 Å². The molecule has 1 aromatic rings. The lowest BCUT2D eigenvalue weighted by Crippen LogP contribution is -2.37. The maximum atomic E-state index is 13.9. The number of amidine groups is 1. The zero-order valence-corrected chi connectivity index (χ0v) is 14.9. The molecule has 0 bridgehead atoms. The highest BCUT2D eigenvalue weighted by atomic mass is 35.5. The number of rotatable bonds is 2. The van der Waals surface area contributed by atoms with E-state index in [1.54, 1.807) is 11.0 Å². The van der Waals surface area contributed by atoms with Gasteiger partial charge in [-0.05, 0) is 31.0 Å².